The van der Waals surface area contributed by atoms with Gasteiger partial charge in [0.25, 0.3) is 5.69 Å². The summed E-state index contributed by atoms with van der Waals surface area (Å²) in [6.45, 7) is 0.115. The molecule has 0 unspecified atom stereocenters. The molecule has 7 nitrogen and oxygen atoms in total. The average molecular weight is 292 g/mol. The molecule has 0 aromatic heterocycles. The van der Waals surface area contributed by atoms with Crippen molar-refractivity contribution in [1.29, 1.82) is 0 Å². The third-order valence-electron chi connectivity index (χ3n) is 3.33. The van der Waals surface area contributed by atoms with E-state index in [4.69, 9.17) is 5.11 Å². The maximum absolute atomic E-state index is 12.2. The van der Waals surface area contributed by atoms with Gasteiger partial charge in [0.15, 0.2) is 0 Å². The van der Waals surface area contributed by atoms with Crippen LogP contribution >= 0.6 is 0 Å². The third kappa shape index (κ3) is 4.55. The number of carboxylic acids is 1. The Hall–Kier alpha value is -2.44. The summed E-state index contributed by atoms with van der Waals surface area (Å²) in [5.41, 5.74) is 0.438. The Labute approximate surface area is 121 Å². The van der Waals surface area contributed by atoms with Crippen molar-refractivity contribution in [2.45, 2.75) is 19.3 Å². The van der Waals surface area contributed by atoms with Crippen molar-refractivity contribution >= 4 is 17.6 Å². The van der Waals surface area contributed by atoms with E-state index in [2.05, 4.69) is 0 Å². The number of nitrogens with zero attached hydrogens (tertiary/aromatic N) is 2. The van der Waals surface area contributed by atoms with Crippen molar-refractivity contribution in [2.75, 3.05) is 13.1 Å². The van der Waals surface area contributed by atoms with Crippen LogP contribution < -0.4 is 0 Å². The van der Waals surface area contributed by atoms with Crippen LogP contribution in [0.15, 0.2) is 24.3 Å². The SMILES string of the molecule is O=C(O)CN(CC1CC1)C(=O)Cc1cccc([N+](=O)[O-])c1. The molecular weight excluding hydrogens is 276 g/mol. The zero-order valence-corrected chi connectivity index (χ0v) is 11.4. The highest BCUT2D eigenvalue weighted by atomic mass is 16.6. The smallest absolute Gasteiger partial charge is 0.323 e. The van der Waals surface area contributed by atoms with E-state index in [0.29, 0.717) is 18.0 Å². The number of carboxylic acid groups (broad SMARTS) is 1. The largest absolute Gasteiger partial charge is 0.480 e. The van der Waals surface area contributed by atoms with E-state index in [9.17, 15) is 19.7 Å². The molecule has 0 radical (unpaired) electrons. The minimum Gasteiger partial charge on any atom is -0.480 e. The zero-order valence-electron chi connectivity index (χ0n) is 11.4. The fraction of sp³-hybridized carbons (Fsp3) is 0.429. The third-order valence-corrected chi connectivity index (χ3v) is 3.33. The van der Waals surface area contributed by atoms with E-state index in [0.717, 1.165) is 12.8 Å². The number of hydrogen-bond donors (Lipinski definition) is 1. The van der Waals surface area contributed by atoms with Crippen LogP contribution in [0.25, 0.3) is 0 Å². The van der Waals surface area contributed by atoms with Gasteiger partial charge in [0.1, 0.15) is 6.54 Å². The molecule has 1 aliphatic rings. The Morgan fingerprint density at radius 1 is 1.38 bits per heavy atom. The fourth-order valence-corrected chi connectivity index (χ4v) is 2.10. The fourth-order valence-electron chi connectivity index (χ4n) is 2.10. The van der Waals surface area contributed by atoms with Crippen LogP contribution in [0.3, 0.4) is 0 Å². The highest BCUT2D eigenvalue weighted by molar-refractivity contribution is 5.83. The zero-order chi connectivity index (χ0) is 15.4. The molecular formula is C14H16N2O5. The normalized spacial score (nSPS) is 13.7. The van der Waals surface area contributed by atoms with Crippen molar-refractivity contribution < 1.29 is 19.6 Å². The Balaban J connectivity index is 2.04. The van der Waals surface area contributed by atoms with Gasteiger partial charge < -0.3 is 10.0 Å². The Bertz CT molecular complexity index is 568. The van der Waals surface area contributed by atoms with Crippen molar-refractivity contribution in [1.82, 2.24) is 4.90 Å². The second kappa shape index (κ2) is 6.34. The number of amides is 1. The first-order valence-electron chi connectivity index (χ1n) is 6.68. The Morgan fingerprint density at radius 2 is 2.10 bits per heavy atom. The number of carbonyl (C=O) groups is 2. The predicted octanol–water partition coefficient (Wildman–Crippen LogP) is 1.46. The van der Waals surface area contributed by atoms with Crippen molar-refractivity contribution in [2.24, 2.45) is 5.92 Å². The molecule has 1 saturated carbocycles. The van der Waals surface area contributed by atoms with Crippen LogP contribution in [0.2, 0.25) is 0 Å². The van der Waals surface area contributed by atoms with Gasteiger partial charge in [0.2, 0.25) is 5.91 Å². The monoisotopic (exact) mass is 292 g/mol. The minimum atomic E-state index is -1.05. The molecule has 1 N–H and O–H groups in total. The lowest BCUT2D eigenvalue weighted by Crippen LogP contribution is -2.38. The highest BCUT2D eigenvalue weighted by Gasteiger charge is 2.28. The van der Waals surface area contributed by atoms with Gasteiger partial charge in [-0.15, -0.1) is 0 Å². The number of hydrogen-bond acceptors (Lipinski definition) is 4. The Kier molecular flexibility index (Phi) is 4.52. The second-order valence-corrected chi connectivity index (χ2v) is 5.22. The second-order valence-electron chi connectivity index (χ2n) is 5.22. The number of nitro benzene ring substituents is 1. The summed E-state index contributed by atoms with van der Waals surface area (Å²) < 4.78 is 0. The maximum Gasteiger partial charge on any atom is 0.323 e. The van der Waals surface area contributed by atoms with E-state index in [-0.39, 0.29) is 24.6 Å². The van der Waals surface area contributed by atoms with E-state index < -0.39 is 10.9 Å². The van der Waals surface area contributed by atoms with Crippen LogP contribution in [0.4, 0.5) is 5.69 Å². The van der Waals surface area contributed by atoms with Gasteiger partial charge in [-0.1, -0.05) is 12.1 Å². The number of non-ortho nitro benzene ring substituents is 1. The number of rotatable bonds is 7. The van der Waals surface area contributed by atoms with E-state index >= 15 is 0 Å². The van der Waals surface area contributed by atoms with Crippen LogP contribution in [-0.4, -0.2) is 39.9 Å². The standard InChI is InChI=1S/C14H16N2O5/c17-13(15(9-14(18)19)8-10-4-5-10)7-11-2-1-3-12(6-11)16(20)21/h1-3,6,10H,4-5,7-9H2,(H,18,19). The lowest BCUT2D eigenvalue weighted by atomic mass is 10.1. The van der Waals surface area contributed by atoms with Crippen LogP contribution in [0.1, 0.15) is 18.4 Å². The molecule has 1 aromatic rings. The lowest BCUT2D eigenvalue weighted by Gasteiger charge is -2.20. The summed E-state index contributed by atoms with van der Waals surface area (Å²) >= 11 is 0. The van der Waals surface area contributed by atoms with Gasteiger partial charge in [-0.3, -0.25) is 19.7 Å². The van der Waals surface area contributed by atoms with E-state index in [1.165, 1.54) is 23.1 Å². The van der Waals surface area contributed by atoms with Gasteiger partial charge in [0.05, 0.1) is 11.3 Å². The molecule has 7 heteroatoms. The summed E-state index contributed by atoms with van der Waals surface area (Å²) in [6, 6.07) is 5.84. The van der Waals surface area contributed by atoms with Crippen molar-refractivity contribution in [3.8, 4) is 0 Å². The minimum absolute atomic E-state index is 0.0261. The van der Waals surface area contributed by atoms with E-state index in [1.807, 2.05) is 0 Å². The molecule has 21 heavy (non-hydrogen) atoms. The number of nitro groups is 1. The molecule has 0 bridgehead atoms. The molecule has 0 spiro atoms. The quantitative estimate of drug-likeness (QED) is 0.605. The summed E-state index contributed by atoms with van der Waals surface area (Å²) in [5.74, 6) is -0.980. The number of carbonyl (C=O) groups excluding carboxylic acids is 1. The van der Waals surface area contributed by atoms with Gasteiger partial charge in [-0.05, 0) is 24.3 Å². The van der Waals surface area contributed by atoms with Gasteiger partial charge in [-0.25, -0.2) is 0 Å². The first kappa shape index (κ1) is 15.0. The van der Waals surface area contributed by atoms with Gasteiger partial charge in [-0.2, -0.15) is 0 Å². The summed E-state index contributed by atoms with van der Waals surface area (Å²) in [7, 11) is 0. The van der Waals surface area contributed by atoms with Gasteiger partial charge in [0, 0.05) is 18.7 Å². The molecule has 1 aliphatic carbocycles. The first-order valence-corrected chi connectivity index (χ1v) is 6.68. The lowest BCUT2D eigenvalue weighted by molar-refractivity contribution is -0.384. The summed E-state index contributed by atoms with van der Waals surface area (Å²) in [5, 5.41) is 19.6. The number of benzene rings is 1. The maximum atomic E-state index is 12.2. The molecule has 1 amide bonds. The Morgan fingerprint density at radius 3 is 2.67 bits per heavy atom. The predicted molar refractivity (Wildman–Crippen MR) is 73.7 cm³/mol. The van der Waals surface area contributed by atoms with Crippen LogP contribution in [-0.2, 0) is 16.0 Å². The summed E-state index contributed by atoms with van der Waals surface area (Å²) in [6.07, 6.45) is 2.00. The van der Waals surface area contributed by atoms with Crippen LogP contribution in [0.5, 0.6) is 0 Å². The topological polar surface area (TPSA) is 101 Å². The molecule has 0 atom stereocenters. The molecule has 1 aromatic carbocycles. The van der Waals surface area contributed by atoms with Crippen molar-refractivity contribution in [3.63, 3.8) is 0 Å². The first-order chi connectivity index (χ1) is 9.95. The average Bonchev–Trinajstić information content (AvgIpc) is 3.21. The number of aliphatic carboxylic acids is 1. The van der Waals surface area contributed by atoms with E-state index in [1.54, 1.807) is 6.07 Å². The molecule has 1 fully saturated rings. The van der Waals surface area contributed by atoms with Gasteiger partial charge >= 0.3 is 5.97 Å². The molecule has 112 valence electrons. The molecule has 0 heterocycles. The van der Waals surface area contributed by atoms with Crippen LogP contribution in [0, 0.1) is 16.0 Å². The van der Waals surface area contributed by atoms with Crippen molar-refractivity contribution in [3.05, 3.63) is 39.9 Å². The highest BCUT2D eigenvalue weighted by Crippen LogP contribution is 2.29. The molecule has 0 aliphatic heterocycles. The molecule has 0 saturated heterocycles. The summed E-state index contributed by atoms with van der Waals surface area (Å²) in [4.78, 5) is 34.5. The molecule has 2 rings (SSSR count).